The molecule has 1 aromatic carbocycles. The fraction of sp³-hybridized carbons (Fsp3) is 0.542. The molecule has 2 aromatic rings. The van der Waals surface area contributed by atoms with Crippen LogP contribution < -0.4 is 16.0 Å². The maximum absolute atomic E-state index is 15.5. The Kier molecular flexibility index (Phi) is 7.37. The quantitative estimate of drug-likeness (QED) is 0.446. The number of benzene rings is 1. The van der Waals surface area contributed by atoms with Gasteiger partial charge in [0.25, 0.3) is 0 Å². The summed E-state index contributed by atoms with van der Waals surface area (Å²) in [6.45, 7) is 3.05. The third-order valence-electron chi connectivity index (χ3n) is 6.78. The van der Waals surface area contributed by atoms with Gasteiger partial charge in [-0.1, -0.05) is 12.1 Å². The van der Waals surface area contributed by atoms with Gasteiger partial charge < -0.3 is 21.1 Å². The Morgan fingerprint density at radius 2 is 1.94 bits per heavy atom. The first kappa shape index (κ1) is 26.1. The van der Waals surface area contributed by atoms with Crippen LogP contribution in [0.3, 0.4) is 0 Å². The number of rotatable bonds is 9. The fourth-order valence-electron chi connectivity index (χ4n) is 4.65. The van der Waals surface area contributed by atoms with Crippen LogP contribution in [-0.4, -0.2) is 63.7 Å². The number of hydrogen-bond acceptors (Lipinski definition) is 7. The molecule has 36 heavy (non-hydrogen) atoms. The number of aromatic nitrogens is 2. The lowest BCUT2D eigenvalue weighted by molar-refractivity contribution is -0.137. The lowest BCUT2D eigenvalue weighted by atomic mass is 9.82. The molecule has 2 fully saturated rings. The van der Waals surface area contributed by atoms with Crippen LogP contribution in [0.25, 0.3) is 0 Å². The number of primary amides is 1. The molecule has 1 aliphatic carbocycles. The molecule has 0 unspecified atom stereocenters. The van der Waals surface area contributed by atoms with Crippen molar-refractivity contribution in [2.45, 2.75) is 50.6 Å². The Balaban J connectivity index is 1.45. The van der Waals surface area contributed by atoms with Gasteiger partial charge in [0.1, 0.15) is 6.33 Å². The Bertz CT molecular complexity index is 1080. The van der Waals surface area contributed by atoms with E-state index in [0.29, 0.717) is 18.5 Å². The Morgan fingerprint density at radius 1 is 1.25 bits per heavy atom. The molecule has 4 N–H and O–H groups in total. The summed E-state index contributed by atoms with van der Waals surface area (Å²) >= 11 is 0. The summed E-state index contributed by atoms with van der Waals surface area (Å²) in [5, 5.41) is 13.9. The summed E-state index contributed by atoms with van der Waals surface area (Å²) in [6.07, 6.45) is -0.929. The Hall–Kier alpha value is -2.99. The van der Waals surface area contributed by atoms with Crippen molar-refractivity contribution in [3.63, 3.8) is 0 Å². The number of amides is 1. The maximum atomic E-state index is 15.5. The monoisotopic (exact) mass is 510 g/mol. The number of aliphatic hydroxyl groups is 1. The number of nitrogens with one attached hydrogen (secondary N) is 1. The third kappa shape index (κ3) is 6.22. The van der Waals surface area contributed by atoms with Crippen LogP contribution in [0.4, 0.5) is 29.2 Å². The van der Waals surface area contributed by atoms with Crippen LogP contribution in [0.1, 0.15) is 37.3 Å². The normalized spacial score (nSPS) is 22.9. The zero-order valence-corrected chi connectivity index (χ0v) is 19.9. The average molecular weight is 511 g/mol. The van der Waals surface area contributed by atoms with E-state index < -0.39 is 29.1 Å². The molecule has 0 radical (unpaired) electrons. The molecular formula is C24H30F4N6O2. The van der Waals surface area contributed by atoms with Crippen LogP contribution >= 0.6 is 0 Å². The van der Waals surface area contributed by atoms with E-state index in [-0.39, 0.29) is 49.8 Å². The van der Waals surface area contributed by atoms with Gasteiger partial charge in [0.15, 0.2) is 11.6 Å². The number of carbonyl (C=O) groups is 1. The van der Waals surface area contributed by atoms with E-state index in [1.54, 1.807) is 16.7 Å². The van der Waals surface area contributed by atoms with E-state index in [1.165, 1.54) is 18.5 Å². The molecule has 196 valence electrons. The predicted molar refractivity (Wildman–Crippen MR) is 125 cm³/mol. The highest BCUT2D eigenvalue weighted by Gasteiger charge is 2.38. The number of carbonyl (C=O) groups excluding carboxylic acids is 1. The predicted octanol–water partition coefficient (Wildman–Crippen LogP) is 2.77. The molecule has 0 bridgehead atoms. The minimum Gasteiger partial charge on any atom is -0.388 e. The number of nitrogens with zero attached hydrogens (tertiary/aromatic N) is 4. The van der Waals surface area contributed by atoms with Crippen molar-refractivity contribution in [3.05, 3.63) is 47.5 Å². The molecule has 1 saturated heterocycles. The Morgan fingerprint density at radius 3 is 2.53 bits per heavy atom. The molecule has 12 heteroatoms. The van der Waals surface area contributed by atoms with Crippen molar-refractivity contribution >= 4 is 17.5 Å². The van der Waals surface area contributed by atoms with Crippen molar-refractivity contribution in [2.75, 3.05) is 36.4 Å². The van der Waals surface area contributed by atoms with Crippen molar-refractivity contribution < 1.29 is 27.5 Å². The number of nitrogens with two attached hydrogens (primary N) is 1. The van der Waals surface area contributed by atoms with Gasteiger partial charge in [-0.3, -0.25) is 9.69 Å². The second-order valence-electron chi connectivity index (χ2n) is 9.81. The molecule has 2 atom stereocenters. The van der Waals surface area contributed by atoms with Gasteiger partial charge in [-0.15, -0.1) is 0 Å². The zero-order valence-electron chi connectivity index (χ0n) is 19.9. The summed E-state index contributed by atoms with van der Waals surface area (Å²) < 4.78 is 54.1. The van der Waals surface area contributed by atoms with Crippen LogP contribution in [0, 0.1) is 11.7 Å². The molecule has 1 saturated carbocycles. The molecule has 2 aliphatic rings. The van der Waals surface area contributed by atoms with E-state index in [4.69, 9.17) is 5.73 Å². The van der Waals surface area contributed by atoms with Gasteiger partial charge in [0.2, 0.25) is 11.7 Å². The van der Waals surface area contributed by atoms with Crippen molar-refractivity contribution in [2.24, 2.45) is 11.7 Å². The lowest BCUT2D eigenvalue weighted by Gasteiger charge is -2.42. The molecule has 0 spiro atoms. The molecule has 4 rings (SSSR count). The van der Waals surface area contributed by atoms with E-state index in [9.17, 15) is 23.1 Å². The molecule has 2 heterocycles. The van der Waals surface area contributed by atoms with Crippen molar-refractivity contribution in [1.82, 2.24) is 14.9 Å². The number of piperidine rings is 1. The summed E-state index contributed by atoms with van der Waals surface area (Å²) in [5.41, 5.74) is 4.02. The molecular weight excluding hydrogens is 480 g/mol. The molecule has 1 aliphatic heterocycles. The largest absolute Gasteiger partial charge is 0.416 e. The van der Waals surface area contributed by atoms with Crippen LogP contribution in [0.5, 0.6) is 0 Å². The fourth-order valence-corrected chi connectivity index (χ4v) is 4.65. The topological polar surface area (TPSA) is 108 Å². The van der Waals surface area contributed by atoms with E-state index in [0.717, 1.165) is 25.0 Å². The average Bonchev–Trinajstić information content (AvgIpc) is 3.62. The minimum atomic E-state index is -4.42. The summed E-state index contributed by atoms with van der Waals surface area (Å²) in [7, 11) is 0. The Labute approximate surface area is 206 Å². The molecule has 8 nitrogen and oxygen atoms in total. The van der Waals surface area contributed by atoms with Gasteiger partial charge in [-0.2, -0.15) is 17.6 Å². The smallest absolute Gasteiger partial charge is 0.388 e. The first-order valence-electron chi connectivity index (χ1n) is 11.8. The van der Waals surface area contributed by atoms with E-state index in [2.05, 4.69) is 15.3 Å². The minimum absolute atomic E-state index is 0.00608. The molecule has 1 aromatic heterocycles. The second-order valence-corrected chi connectivity index (χ2v) is 9.81. The zero-order chi connectivity index (χ0) is 26.1. The van der Waals surface area contributed by atoms with Gasteiger partial charge in [0, 0.05) is 31.6 Å². The van der Waals surface area contributed by atoms with E-state index >= 15 is 4.39 Å². The number of anilines is 2. The van der Waals surface area contributed by atoms with Gasteiger partial charge in [-0.05, 0) is 50.4 Å². The van der Waals surface area contributed by atoms with Crippen LogP contribution in [0.15, 0.2) is 30.6 Å². The number of alkyl halides is 3. The highest BCUT2D eigenvalue weighted by molar-refractivity contribution is 5.75. The number of β-amino-alcohol motifs (C(OH)–C–C–N with tert-alkyl or cyclic N) is 1. The second kappa shape index (κ2) is 10.2. The molecule has 1 amide bonds. The van der Waals surface area contributed by atoms with Crippen LogP contribution in [0.2, 0.25) is 0 Å². The van der Waals surface area contributed by atoms with Gasteiger partial charge in [-0.25, -0.2) is 9.97 Å². The lowest BCUT2D eigenvalue weighted by Crippen LogP contribution is -2.55. The van der Waals surface area contributed by atoms with E-state index in [1.807, 2.05) is 0 Å². The number of halogens is 4. The van der Waals surface area contributed by atoms with Crippen molar-refractivity contribution in [3.8, 4) is 0 Å². The third-order valence-corrected chi connectivity index (χ3v) is 6.78. The van der Waals surface area contributed by atoms with Crippen molar-refractivity contribution in [1.29, 1.82) is 0 Å². The number of likely N-dealkylation sites (tertiary alicyclic amines) is 1. The van der Waals surface area contributed by atoms with Gasteiger partial charge >= 0.3 is 6.18 Å². The number of hydrogen-bond donors (Lipinski definition) is 3. The standard InChI is InChI=1S/C24H30F4N6O2/c1-23(36)13-33(12-19(29)35)9-8-17(23)10-30-21-20(25)22(32-14-31-21)34(18-6-7-18)11-15-2-4-16(5-3-15)24(26,27)28/h2-5,14,17-18,36H,6-13H2,1H3,(H2,29,35)(H,30,31,32)/t17-,23+/m0/s1. The van der Waals surface area contributed by atoms with Crippen LogP contribution in [-0.2, 0) is 17.5 Å². The van der Waals surface area contributed by atoms with Gasteiger partial charge in [0.05, 0.1) is 17.7 Å². The highest BCUT2D eigenvalue weighted by atomic mass is 19.4. The summed E-state index contributed by atoms with van der Waals surface area (Å²) in [6, 6.07) is 4.86. The first-order valence-corrected chi connectivity index (χ1v) is 11.8. The summed E-state index contributed by atoms with van der Waals surface area (Å²) in [5.74, 6) is -1.26. The maximum Gasteiger partial charge on any atom is 0.416 e. The SMILES string of the molecule is C[C@@]1(O)CN(CC(N)=O)CC[C@H]1CNc1ncnc(N(Cc2ccc(C(F)(F)F)cc2)C2CC2)c1F. The highest BCUT2D eigenvalue weighted by Crippen LogP contribution is 2.36. The first-order chi connectivity index (χ1) is 16.9. The summed E-state index contributed by atoms with van der Waals surface area (Å²) in [4.78, 5) is 22.9.